The van der Waals surface area contributed by atoms with Crippen LogP contribution in [0.15, 0.2) is 110 Å². The van der Waals surface area contributed by atoms with Gasteiger partial charge in [0.1, 0.15) is 11.5 Å². The van der Waals surface area contributed by atoms with E-state index in [9.17, 15) is 9.59 Å². The lowest BCUT2D eigenvalue weighted by atomic mass is 10.2. The maximum atomic E-state index is 11.6. The number of carbonyl (C=O) groups excluding carboxylic acids is 2. The molecule has 0 spiro atoms. The van der Waals surface area contributed by atoms with E-state index >= 15 is 0 Å². The van der Waals surface area contributed by atoms with Gasteiger partial charge in [0.05, 0.1) is 17.4 Å². The van der Waals surface area contributed by atoms with Gasteiger partial charge in [0, 0.05) is 41.0 Å². The third kappa shape index (κ3) is 7.06. The van der Waals surface area contributed by atoms with Crippen LogP contribution in [0.4, 0.5) is 34.9 Å². The molecule has 2 heterocycles. The van der Waals surface area contributed by atoms with Crippen molar-refractivity contribution in [3.63, 3.8) is 0 Å². The smallest absolute Gasteiger partial charge is 0.335 e. The molecule has 0 aliphatic carbocycles. The van der Waals surface area contributed by atoms with Crippen LogP contribution in [0.25, 0.3) is 10.9 Å². The predicted molar refractivity (Wildman–Crippen MR) is 156 cm³/mol. The lowest BCUT2D eigenvalue weighted by molar-refractivity contribution is -0.129. The molecule has 3 N–H and O–H groups in total. The molecule has 11 nitrogen and oxygen atoms in total. The van der Waals surface area contributed by atoms with Crippen LogP contribution in [-0.4, -0.2) is 31.9 Å². The molecule has 0 saturated carbocycles. The molecule has 5 rings (SSSR count). The number of pyridine rings is 1. The number of ether oxygens (including phenoxy) is 2. The first-order valence-electron chi connectivity index (χ1n) is 12.3. The van der Waals surface area contributed by atoms with E-state index in [0.29, 0.717) is 28.6 Å². The molecule has 5 aromatic rings. The number of aromatic nitrogens is 4. The van der Waals surface area contributed by atoms with Crippen molar-refractivity contribution >= 4 is 57.7 Å². The zero-order valence-corrected chi connectivity index (χ0v) is 21.6. The molecule has 0 aliphatic rings. The lowest BCUT2D eigenvalue weighted by Crippen LogP contribution is -2.08. The van der Waals surface area contributed by atoms with Crippen molar-refractivity contribution in [2.75, 3.05) is 16.0 Å². The number of nitrogens with zero attached hydrogens (tertiary/aromatic N) is 4. The van der Waals surface area contributed by atoms with E-state index < -0.39 is 11.9 Å². The summed E-state index contributed by atoms with van der Waals surface area (Å²) in [6.45, 7) is 6.82. The van der Waals surface area contributed by atoms with Crippen molar-refractivity contribution in [1.29, 1.82) is 0 Å². The number of hydrogen-bond acceptors (Lipinski definition) is 11. The SMILES string of the molecule is C=CC(=O)Oc1cccc(Nc2nc(Nc3cccc(OC(=O)C=C)c3)nc(Nc3cnc4ccccc4c3)n2)c1. The highest BCUT2D eigenvalue weighted by atomic mass is 16.5. The van der Waals surface area contributed by atoms with E-state index in [1.807, 2.05) is 30.3 Å². The fourth-order valence-corrected chi connectivity index (χ4v) is 3.66. The Hall–Kier alpha value is -6.10. The second kappa shape index (κ2) is 12.2. The van der Waals surface area contributed by atoms with E-state index in [1.54, 1.807) is 54.7 Å². The maximum Gasteiger partial charge on any atom is 0.335 e. The zero-order valence-electron chi connectivity index (χ0n) is 21.6. The minimum atomic E-state index is -0.578. The predicted octanol–water partition coefficient (Wildman–Crippen LogP) is 5.83. The summed E-state index contributed by atoms with van der Waals surface area (Å²) >= 11 is 0. The van der Waals surface area contributed by atoms with Gasteiger partial charge in [-0.3, -0.25) is 4.98 Å². The summed E-state index contributed by atoms with van der Waals surface area (Å²) < 4.78 is 10.4. The summed E-state index contributed by atoms with van der Waals surface area (Å²) in [5.41, 5.74) is 2.65. The van der Waals surface area contributed by atoms with Crippen molar-refractivity contribution in [2.45, 2.75) is 0 Å². The van der Waals surface area contributed by atoms with Gasteiger partial charge < -0.3 is 25.4 Å². The Bertz CT molecular complexity index is 1690. The monoisotopic (exact) mass is 545 g/mol. The Morgan fingerprint density at radius 1 is 0.634 bits per heavy atom. The number of para-hydroxylation sites is 1. The summed E-state index contributed by atoms with van der Waals surface area (Å²) in [5.74, 6) is 0.0963. The van der Waals surface area contributed by atoms with E-state index in [4.69, 9.17) is 9.47 Å². The molecular weight excluding hydrogens is 522 g/mol. The van der Waals surface area contributed by atoms with Gasteiger partial charge in [-0.2, -0.15) is 15.0 Å². The minimum Gasteiger partial charge on any atom is -0.423 e. The van der Waals surface area contributed by atoms with E-state index in [2.05, 4.69) is 49.0 Å². The van der Waals surface area contributed by atoms with Crippen LogP contribution in [-0.2, 0) is 9.59 Å². The molecule has 0 aliphatic heterocycles. The van der Waals surface area contributed by atoms with E-state index in [-0.39, 0.29) is 17.8 Å². The zero-order chi connectivity index (χ0) is 28.6. The topological polar surface area (TPSA) is 140 Å². The number of fused-ring (bicyclic) bond motifs is 1. The molecule has 2 aromatic heterocycles. The Labute approximate surface area is 234 Å². The van der Waals surface area contributed by atoms with Crippen LogP contribution in [0.3, 0.4) is 0 Å². The number of rotatable bonds is 10. The van der Waals surface area contributed by atoms with Gasteiger partial charge in [0.25, 0.3) is 0 Å². The molecule has 0 radical (unpaired) electrons. The van der Waals surface area contributed by atoms with Crippen LogP contribution in [0.5, 0.6) is 11.5 Å². The van der Waals surface area contributed by atoms with E-state index in [0.717, 1.165) is 23.1 Å². The quantitative estimate of drug-likeness (QED) is 0.111. The van der Waals surface area contributed by atoms with Gasteiger partial charge in [-0.25, -0.2) is 9.59 Å². The molecule has 3 aromatic carbocycles. The Kier molecular flexibility index (Phi) is 7.87. The van der Waals surface area contributed by atoms with Crippen LogP contribution in [0.2, 0.25) is 0 Å². The molecule has 0 unspecified atom stereocenters. The number of anilines is 6. The van der Waals surface area contributed by atoms with Crippen LogP contribution < -0.4 is 25.4 Å². The second-order valence-electron chi connectivity index (χ2n) is 8.40. The molecule has 0 bridgehead atoms. The molecule has 202 valence electrons. The highest BCUT2D eigenvalue weighted by Crippen LogP contribution is 2.25. The number of esters is 2. The van der Waals surface area contributed by atoms with Crippen LogP contribution >= 0.6 is 0 Å². The number of nitrogens with one attached hydrogen (secondary N) is 3. The van der Waals surface area contributed by atoms with Crippen molar-refractivity contribution in [1.82, 2.24) is 19.9 Å². The fourth-order valence-electron chi connectivity index (χ4n) is 3.66. The second-order valence-corrected chi connectivity index (χ2v) is 8.40. The third-order valence-corrected chi connectivity index (χ3v) is 5.43. The van der Waals surface area contributed by atoms with Gasteiger partial charge >= 0.3 is 11.9 Å². The minimum absolute atomic E-state index is 0.195. The lowest BCUT2D eigenvalue weighted by Gasteiger charge is -2.12. The highest BCUT2D eigenvalue weighted by molar-refractivity contribution is 5.84. The molecule has 0 fully saturated rings. The highest BCUT2D eigenvalue weighted by Gasteiger charge is 2.11. The number of hydrogen-bond donors (Lipinski definition) is 3. The normalized spacial score (nSPS) is 10.3. The van der Waals surface area contributed by atoms with Gasteiger partial charge in [0.2, 0.25) is 17.8 Å². The largest absolute Gasteiger partial charge is 0.423 e. The first kappa shape index (κ1) is 26.5. The molecule has 11 heteroatoms. The summed E-state index contributed by atoms with van der Waals surface area (Å²) in [4.78, 5) is 41.2. The molecule has 0 atom stereocenters. The average molecular weight is 546 g/mol. The maximum absolute atomic E-state index is 11.6. The Morgan fingerprint density at radius 2 is 1.15 bits per heavy atom. The van der Waals surface area contributed by atoms with Gasteiger partial charge in [-0.05, 0) is 36.4 Å². The summed E-state index contributed by atoms with van der Waals surface area (Å²) in [5, 5.41) is 10.3. The van der Waals surface area contributed by atoms with Gasteiger partial charge in [0.15, 0.2) is 0 Å². The first-order chi connectivity index (χ1) is 20.0. The number of benzene rings is 3. The van der Waals surface area contributed by atoms with Gasteiger partial charge in [-0.1, -0.05) is 43.5 Å². The first-order valence-corrected chi connectivity index (χ1v) is 12.3. The molecule has 0 saturated heterocycles. The van der Waals surface area contributed by atoms with Crippen molar-refractivity contribution in [2.24, 2.45) is 0 Å². The summed E-state index contributed by atoms with van der Waals surface area (Å²) in [6, 6.07) is 23.1. The summed E-state index contributed by atoms with van der Waals surface area (Å²) in [7, 11) is 0. The van der Waals surface area contributed by atoms with Crippen LogP contribution in [0.1, 0.15) is 0 Å². The average Bonchev–Trinajstić information content (AvgIpc) is 2.97. The molecular formula is C30H23N7O4. The standard InChI is InChI=1S/C30H23N7O4/c1-3-26(38)40-23-12-7-10-20(16-23)32-28-35-29(33-21-11-8-13-24(17-21)41-27(39)4-2)37-30(36-28)34-22-15-19-9-5-6-14-25(19)31-18-22/h3-18H,1-2H2,(H3,32,33,34,35,36,37). The third-order valence-electron chi connectivity index (χ3n) is 5.43. The molecule has 41 heavy (non-hydrogen) atoms. The van der Waals surface area contributed by atoms with Crippen LogP contribution in [0, 0.1) is 0 Å². The van der Waals surface area contributed by atoms with Crippen molar-refractivity contribution in [3.05, 3.63) is 110 Å². The van der Waals surface area contributed by atoms with Gasteiger partial charge in [-0.15, -0.1) is 0 Å². The van der Waals surface area contributed by atoms with Crippen molar-refractivity contribution in [3.8, 4) is 11.5 Å². The Morgan fingerprint density at radius 3 is 1.68 bits per heavy atom. The Balaban J connectivity index is 1.46. The van der Waals surface area contributed by atoms with Crippen molar-refractivity contribution < 1.29 is 19.1 Å². The summed E-state index contributed by atoms with van der Waals surface area (Å²) in [6.07, 6.45) is 3.84. The fraction of sp³-hybridized carbons (Fsp3) is 0. The molecule has 0 amide bonds. The number of carbonyl (C=O) groups is 2. The van der Waals surface area contributed by atoms with E-state index in [1.165, 1.54) is 0 Å².